The molecule has 1 saturated carbocycles. The van der Waals surface area contributed by atoms with Gasteiger partial charge in [0.05, 0.1) is 0 Å². The van der Waals surface area contributed by atoms with Gasteiger partial charge in [0, 0.05) is 35.6 Å². The zero-order valence-electron chi connectivity index (χ0n) is 9.94. The third-order valence-corrected chi connectivity index (χ3v) is 3.47. The van der Waals surface area contributed by atoms with Gasteiger partial charge in [-0.3, -0.25) is 0 Å². The molecule has 3 nitrogen and oxygen atoms in total. The zero-order valence-corrected chi connectivity index (χ0v) is 10.7. The number of hydrogen-bond donors (Lipinski definition) is 1. The highest BCUT2D eigenvalue weighted by molar-refractivity contribution is 6.31. The highest BCUT2D eigenvalue weighted by atomic mass is 35.5. The van der Waals surface area contributed by atoms with Crippen LogP contribution in [0.1, 0.15) is 18.4 Å². The van der Waals surface area contributed by atoms with Gasteiger partial charge in [-0.25, -0.2) is 9.97 Å². The van der Waals surface area contributed by atoms with Gasteiger partial charge in [0.15, 0.2) is 0 Å². The van der Waals surface area contributed by atoms with Crippen molar-refractivity contribution in [3.63, 3.8) is 0 Å². The molecular formula is C14H14ClN3. The van der Waals surface area contributed by atoms with Crippen LogP contribution in [0.2, 0.25) is 5.02 Å². The molecule has 0 unspecified atom stereocenters. The van der Waals surface area contributed by atoms with Crippen molar-refractivity contribution in [3.05, 3.63) is 47.5 Å². The van der Waals surface area contributed by atoms with Crippen molar-refractivity contribution in [2.24, 2.45) is 0 Å². The fraction of sp³-hybridized carbons (Fsp3) is 0.286. The molecule has 1 aliphatic carbocycles. The van der Waals surface area contributed by atoms with Gasteiger partial charge in [-0.2, -0.15) is 0 Å². The lowest BCUT2D eigenvalue weighted by atomic mass is 10.1. The monoisotopic (exact) mass is 259 g/mol. The molecular weight excluding hydrogens is 246 g/mol. The first kappa shape index (κ1) is 11.6. The minimum atomic E-state index is 0.685. The van der Waals surface area contributed by atoms with Crippen LogP contribution in [-0.4, -0.2) is 16.0 Å². The van der Waals surface area contributed by atoms with E-state index in [1.54, 1.807) is 0 Å². The van der Waals surface area contributed by atoms with E-state index >= 15 is 0 Å². The number of rotatable bonds is 4. The molecule has 0 amide bonds. The van der Waals surface area contributed by atoms with E-state index in [0.717, 1.165) is 28.3 Å². The Morgan fingerprint density at radius 1 is 1.17 bits per heavy atom. The van der Waals surface area contributed by atoms with Gasteiger partial charge in [0.25, 0.3) is 0 Å². The van der Waals surface area contributed by atoms with E-state index in [1.807, 2.05) is 24.5 Å². The summed E-state index contributed by atoms with van der Waals surface area (Å²) in [6, 6.07) is 6.73. The van der Waals surface area contributed by atoms with Gasteiger partial charge < -0.3 is 5.32 Å². The minimum absolute atomic E-state index is 0.685. The minimum Gasteiger partial charge on any atom is -0.310 e. The number of nitrogens with one attached hydrogen (secondary N) is 1. The molecule has 0 aliphatic heterocycles. The van der Waals surface area contributed by atoms with E-state index in [-0.39, 0.29) is 0 Å². The first-order valence-electron chi connectivity index (χ1n) is 6.10. The number of hydrogen-bond acceptors (Lipinski definition) is 3. The second-order valence-electron chi connectivity index (χ2n) is 4.59. The van der Waals surface area contributed by atoms with Crippen LogP contribution in [0.25, 0.3) is 11.1 Å². The predicted molar refractivity (Wildman–Crippen MR) is 72.3 cm³/mol. The second-order valence-corrected chi connectivity index (χ2v) is 5.00. The first-order chi connectivity index (χ1) is 8.83. The molecule has 2 aromatic rings. The average Bonchev–Trinajstić information content (AvgIpc) is 3.23. The van der Waals surface area contributed by atoms with Gasteiger partial charge in [-0.15, -0.1) is 0 Å². The number of nitrogens with zero attached hydrogens (tertiary/aromatic N) is 2. The van der Waals surface area contributed by atoms with Crippen LogP contribution < -0.4 is 5.32 Å². The van der Waals surface area contributed by atoms with E-state index in [2.05, 4.69) is 21.4 Å². The molecule has 18 heavy (non-hydrogen) atoms. The lowest BCUT2D eigenvalue weighted by molar-refractivity contribution is 0.688. The third kappa shape index (κ3) is 2.68. The van der Waals surface area contributed by atoms with Crippen molar-refractivity contribution in [1.82, 2.24) is 15.3 Å². The molecule has 1 N–H and O–H groups in total. The van der Waals surface area contributed by atoms with Crippen LogP contribution in [0.4, 0.5) is 0 Å². The Bertz CT molecular complexity index is 538. The molecule has 0 saturated heterocycles. The standard InChI is InChI=1S/C14H14ClN3/c15-14-4-1-10(12-6-16-9-17-7-12)5-11(14)8-18-13-2-3-13/h1,4-7,9,13,18H,2-3,8H2. The Hall–Kier alpha value is -1.45. The maximum Gasteiger partial charge on any atom is 0.115 e. The fourth-order valence-corrected chi connectivity index (χ4v) is 2.06. The van der Waals surface area contributed by atoms with Crippen LogP contribution in [0.5, 0.6) is 0 Å². The van der Waals surface area contributed by atoms with Gasteiger partial charge in [-0.05, 0) is 36.1 Å². The lowest BCUT2D eigenvalue weighted by Gasteiger charge is -2.08. The summed E-state index contributed by atoms with van der Waals surface area (Å²) in [5.41, 5.74) is 3.25. The second kappa shape index (κ2) is 5.04. The van der Waals surface area contributed by atoms with Crippen LogP contribution >= 0.6 is 11.6 Å². The van der Waals surface area contributed by atoms with E-state index in [4.69, 9.17) is 11.6 Å². The Morgan fingerprint density at radius 2 is 1.94 bits per heavy atom. The topological polar surface area (TPSA) is 37.8 Å². The fourth-order valence-electron chi connectivity index (χ4n) is 1.88. The molecule has 1 aliphatic rings. The summed E-state index contributed by atoms with van der Waals surface area (Å²) >= 11 is 6.22. The van der Waals surface area contributed by atoms with E-state index < -0.39 is 0 Å². The average molecular weight is 260 g/mol. The van der Waals surface area contributed by atoms with Gasteiger partial charge in [0.2, 0.25) is 0 Å². The summed E-state index contributed by atoms with van der Waals surface area (Å²) in [5.74, 6) is 0. The smallest absolute Gasteiger partial charge is 0.115 e. The quantitative estimate of drug-likeness (QED) is 0.917. The molecule has 92 valence electrons. The summed E-state index contributed by atoms with van der Waals surface area (Å²) in [7, 11) is 0. The number of benzene rings is 1. The van der Waals surface area contributed by atoms with Crippen LogP contribution in [0.3, 0.4) is 0 Å². The van der Waals surface area contributed by atoms with E-state index in [0.29, 0.717) is 6.04 Å². The van der Waals surface area contributed by atoms with Gasteiger partial charge >= 0.3 is 0 Å². The van der Waals surface area contributed by atoms with Crippen molar-refractivity contribution in [2.75, 3.05) is 0 Å². The summed E-state index contributed by atoms with van der Waals surface area (Å²) in [5, 5.41) is 4.29. The number of aromatic nitrogens is 2. The van der Waals surface area contributed by atoms with E-state index in [9.17, 15) is 0 Å². The molecule has 1 fully saturated rings. The molecule has 1 aromatic heterocycles. The molecule has 0 bridgehead atoms. The van der Waals surface area contributed by atoms with Gasteiger partial charge in [0.1, 0.15) is 6.33 Å². The summed E-state index contributed by atoms with van der Waals surface area (Å²) < 4.78 is 0. The molecule has 0 radical (unpaired) electrons. The maximum atomic E-state index is 6.22. The van der Waals surface area contributed by atoms with Crippen LogP contribution in [0.15, 0.2) is 36.9 Å². The van der Waals surface area contributed by atoms with Crippen LogP contribution in [0, 0.1) is 0 Å². The maximum absolute atomic E-state index is 6.22. The summed E-state index contributed by atoms with van der Waals surface area (Å²) in [4.78, 5) is 8.08. The predicted octanol–water partition coefficient (Wildman–Crippen LogP) is 3.05. The van der Waals surface area contributed by atoms with Crippen molar-refractivity contribution >= 4 is 11.6 Å². The van der Waals surface area contributed by atoms with Crippen LogP contribution in [-0.2, 0) is 6.54 Å². The SMILES string of the molecule is Clc1ccc(-c2cncnc2)cc1CNC1CC1. The van der Waals surface area contributed by atoms with Crippen molar-refractivity contribution in [1.29, 1.82) is 0 Å². The van der Waals surface area contributed by atoms with Gasteiger partial charge in [-0.1, -0.05) is 17.7 Å². The number of halogens is 1. The Balaban J connectivity index is 1.84. The highest BCUT2D eigenvalue weighted by Gasteiger charge is 2.20. The van der Waals surface area contributed by atoms with E-state index in [1.165, 1.54) is 19.2 Å². The molecule has 4 heteroatoms. The van der Waals surface area contributed by atoms with Crippen molar-refractivity contribution < 1.29 is 0 Å². The zero-order chi connectivity index (χ0) is 12.4. The Morgan fingerprint density at radius 3 is 2.67 bits per heavy atom. The third-order valence-electron chi connectivity index (χ3n) is 3.10. The molecule has 3 rings (SSSR count). The van der Waals surface area contributed by atoms with Crippen molar-refractivity contribution in [3.8, 4) is 11.1 Å². The first-order valence-corrected chi connectivity index (χ1v) is 6.48. The van der Waals surface area contributed by atoms with Crippen molar-refractivity contribution in [2.45, 2.75) is 25.4 Å². The molecule has 1 aromatic carbocycles. The Kier molecular flexibility index (Phi) is 3.26. The normalized spacial score (nSPS) is 14.7. The summed E-state index contributed by atoms with van der Waals surface area (Å²) in [6.45, 7) is 0.824. The lowest BCUT2D eigenvalue weighted by Crippen LogP contribution is -2.15. The molecule has 0 atom stereocenters. The molecule has 1 heterocycles. The molecule has 0 spiro atoms. The largest absolute Gasteiger partial charge is 0.310 e. The summed E-state index contributed by atoms with van der Waals surface area (Å²) in [6.07, 6.45) is 7.73. The highest BCUT2D eigenvalue weighted by Crippen LogP contribution is 2.26. The Labute approximate surface area is 111 Å².